The highest BCUT2D eigenvalue weighted by atomic mass is 16.5. The summed E-state index contributed by atoms with van der Waals surface area (Å²) in [6.07, 6.45) is 2.37. The fourth-order valence-corrected chi connectivity index (χ4v) is 3.27. The Balaban J connectivity index is 1.81. The molecule has 3 N–H and O–H groups in total. The summed E-state index contributed by atoms with van der Waals surface area (Å²) >= 11 is 0. The van der Waals surface area contributed by atoms with Gasteiger partial charge in [-0.2, -0.15) is 0 Å². The van der Waals surface area contributed by atoms with E-state index in [4.69, 9.17) is 4.74 Å². The first-order valence-corrected chi connectivity index (χ1v) is 9.77. The average Bonchev–Trinajstić information content (AvgIpc) is 2.82. The van der Waals surface area contributed by atoms with Crippen molar-refractivity contribution in [2.75, 3.05) is 16.0 Å². The summed E-state index contributed by atoms with van der Waals surface area (Å²) < 4.78 is 5.96. The van der Waals surface area contributed by atoms with Gasteiger partial charge < -0.3 is 20.7 Å². The van der Waals surface area contributed by atoms with Gasteiger partial charge in [0, 0.05) is 24.2 Å². The lowest BCUT2D eigenvalue weighted by Crippen LogP contribution is -2.20. The van der Waals surface area contributed by atoms with E-state index in [0.717, 1.165) is 18.6 Å². The van der Waals surface area contributed by atoms with Gasteiger partial charge in [-0.25, -0.2) is 0 Å². The second-order valence-electron chi connectivity index (χ2n) is 7.06. The largest absolute Gasteiger partial charge is 0.490 e. The lowest BCUT2D eigenvalue weighted by molar-refractivity contribution is -0.116. The van der Waals surface area contributed by atoms with Gasteiger partial charge in [0.05, 0.1) is 23.0 Å². The predicted octanol–water partition coefficient (Wildman–Crippen LogP) is 4.65. The van der Waals surface area contributed by atoms with Crippen LogP contribution in [-0.2, 0) is 4.79 Å². The summed E-state index contributed by atoms with van der Waals surface area (Å²) in [6.45, 7) is 6.10. The summed E-state index contributed by atoms with van der Waals surface area (Å²) in [6, 6.07) is 12.6. The van der Waals surface area contributed by atoms with Crippen LogP contribution in [0.4, 0.5) is 17.1 Å². The second-order valence-corrected chi connectivity index (χ2v) is 7.06. The number of amides is 2. The van der Waals surface area contributed by atoms with E-state index in [9.17, 15) is 9.59 Å². The minimum atomic E-state index is -0.243. The van der Waals surface area contributed by atoms with E-state index in [1.807, 2.05) is 31.2 Å². The van der Waals surface area contributed by atoms with Crippen LogP contribution < -0.4 is 20.7 Å². The van der Waals surface area contributed by atoms with Gasteiger partial charge in [0.1, 0.15) is 5.75 Å². The van der Waals surface area contributed by atoms with Gasteiger partial charge in [-0.15, -0.1) is 0 Å². The van der Waals surface area contributed by atoms with Crippen molar-refractivity contribution in [3.8, 4) is 5.75 Å². The molecule has 0 radical (unpaired) electrons. The molecule has 2 aromatic carbocycles. The molecule has 2 aromatic rings. The number of rotatable bonds is 6. The number of anilines is 3. The molecule has 0 saturated heterocycles. The van der Waals surface area contributed by atoms with Crippen LogP contribution in [0.1, 0.15) is 50.4 Å². The molecule has 0 fully saturated rings. The van der Waals surface area contributed by atoms with Crippen molar-refractivity contribution in [2.24, 2.45) is 0 Å². The first-order valence-electron chi connectivity index (χ1n) is 9.77. The van der Waals surface area contributed by atoms with E-state index < -0.39 is 0 Å². The molecule has 0 unspecified atom stereocenters. The zero-order chi connectivity index (χ0) is 20.1. The van der Waals surface area contributed by atoms with Gasteiger partial charge in [-0.1, -0.05) is 26.0 Å². The molecule has 0 aromatic heterocycles. The van der Waals surface area contributed by atoms with Crippen LogP contribution in [0.3, 0.4) is 0 Å². The van der Waals surface area contributed by atoms with E-state index in [1.165, 1.54) is 0 Å². The Morgan fingerprint density at radius 2 is 1.96 bits per heavy atom. The van der Waals surface area contributed by atoms with Crippen LogP contribution in [0.25, 0.3) is 0 Å². The van der Waals surface area contributed by atoms with E-state index in [-0.39, 0.29) is 24.0 Å². The van der Waals surface area contributed by atoms with Crippen LogP contribution in [0.15, 0.2) is 42.5 Å². The van der Waals surface area contributed by atoms with Crippen molar-refractivity contribution < 1.29 is 14.3 Å². The molecule has 0 bridgehead atoms. The Bertz CT molecular complexity index is 862. The SMILES string of the molecule is CCC(CC)Oc1cccc(NC(=O)c2cccc3c2N[C@H](C)CC(=O)N3)c1. The highest BCUT2D eigenvalue weighted by Crippen LogP contribution is 2.31. The molecule has 6 heteroatoms. The molecule has 0 spiro atoms. The van der Waals surface area contributed by atoms with Crippen molar-refractivity contribution in [2.45, 2.75) is 52.2 Å². The maximum Gasteiger partial charge on any atom is 0.257 e. The second kappa shape index (κ2) is 8.78. The number of ether oxygens (including phenoxy) is 1. The summed E-state index contributed by atoms with van der Waals surface area (Å²) in [5, 5.41) is 9.06. The molecule has 2 amide bonds. The third kappa shape index (κ3) is 4.63. The average molecular weight is 381 g/mol. The maximum atomic E-state index is 12.9. The first-order chi connectivity index (χ1) is 13.5. The minimum Gasteiger partial charge on any atom is -0.490 e. The Labute approximate surface area is 165 Å². The Hall–Kier alpha value is -3.02. The Morgan fingerprint density at radius 1 is 1.21 bits per heavy atom. The first kappa shape index (κ1) is 19.7. The van der Waals surface area contributed by atoms with Gasteiger partial charge in [-0.05, 0) is 44.0 Å². The molecule has 1 aliphatic heterocycles. The molecular formula is C22H27N3O3. The van der Waals surface area contributed by atoms with Gasteiger partial charge in [-0.3, -0.25) is 9.59 Å². The highest BCUT2D eigenvalue weighted by molar-refractivity contribution is 6.11. The summed E-state index contributed by atoms with van der Waals surface area (Å²) in [4.78, 5) is 24.9. The number of fused-ring (bicyclic) bond motifs is 1. The summed E-state index contributed by atoms with van der Waals surface area (Å²) in [7, 11) is 0. The van der Waals surface area contributed by atoms with Gasteiger partial charge in [0.2, 0.25) is 5.91 Å². The molecule has 1 atom stereocenters. The molecule has 0 aliphatic carbocycles. The van der Waals surface area contributed by atoms with Gasteiger partial charge in [0.25, 0.3) is 5.91 Å². The number of carbonyl (C=O) groups is 2. The fraction of sp³-hybridized carbons (Fsp3) is 0.364. The van der Waals surface area contributed by atoms with Crippen LogP contribution in [0, 0.1) is 0 Å². The van der Waals surface area contributed by atoms with Crippen LogP contribution in [0.5, 0.6) is 5.75 Å². The highest BCUT2D eigenvalue weighted by Gasteiger charge is 2.22. The number of para-hydroxylation sites is 1. The van der Waals surface area contributed by atoms with E-state index in [1.54, 1.807) is 18.2 Å². The van der Waals surface area contributed by atoms with Crippen LogP contribution >= 0.6 is 0 Å². The maximum absolute atomic E-state index is 12.9. The van der Waals surface area contributed by atoms with Crippen molar-refractivity contribution >= 4 is 28.9 Å². The quantitative estimate of drug-likeness (QED) is 0.680. The molecule has 1 heterocycles. The molecule has 28 heavy (non-hydrogen) atoms. The lowest BCUT2D eigenvalue weighted by Gasteiger charge is -2.17. The Kier molecular flexibility index (Phi) is 6.19. The lowest BCUT2D eigenvalue weighted by atomic mass is 10.1. The van der Waals surface area contributed by atoms with Crippen molar-refractivity contribution in [1.29, 1.82) is 0 Å². The van der Waals surface area contributed by atoms with E-state index in [0.29, 0.717) is 29.0 Å². The fourth-order valence-electron chi connectivity index (χ4n) is 3.27. The summed E-state index contributed by atoms with van der Waals surface area (Å²) in [5.74, 6) is 0.423. The third-order valence-corrected chi connectivity index (χ3v) is 4.77. The van der Waals surface area contributed by atoms with Crippen LogP contribution in [-0.4, -0.2) is 24.0 Å². The number of benzene rings is 2. The molecule has 0 saturated carbocycles. The topological polar surface area (TPSA) is 79.5 Å². The number of nitrogens with one attached hydrogen (secondary N) is 3. The van der Waals surface area contributed by atoms with Gasteiger partial charge in [0.15, 0.2) is 0 Å². The minimum absolute atomic E-state index is 0.0630. The molecule has 1 aliphatic rings. The Morgan fingerprint density at radius 3 is 2.71 bits per heavy atom. The number of hydrogen-bond acceptors (Lipinski definition) is 4. The molecule has 148 valence electrons. The van der Waals surface area contributed by atoms with Crippen molar-refractivity contribution in [1.82, 2.24) is 0 Å². The van der Waals surface area contributed by atoms with Crippen molar-refractivity contribution in [3.63, 3.8) is 0 Å². The smallest absolute Gasteiger partial charge is 0.257 e. The molecule has 6 nitrogen and oxygen atoms in total. The number of carbonyl (C=O) groups excluding carboxylic acids is 2. The normalized spacial score (nSPS) is 15.9. The zero-order valence-electron chi connectivity index (χ0n) is 16.5. The van der Waals surface area contributed by atoms with E-state index >= 15 is 0 Å². The third-order valence-electron chi connectivity index (χ3n) is 4.77. The zero-order valence-corrected chi connectivity index (χ0v) is 16.5. The standard InChI is InChI=1S/C22H27N3O3/c1-4-16(5-2)28-17-9-6-8-15(13-17)24-22(27)18-10-7-11-19-21(18)23-14(3)12-20(26)25-19/h6-11,13-14,16,23H,4-5,12H2,1-3H3,(H,24,27)(H,25,26)/t14-/m1/s1. The monoisotopic (exact) mass is 381 g/mol. The number of hydrogen-bond donors (Lipinski definition) is 3. The van der Waals surface area contributed by atoms with E-state index in [2.05, 4.69) is 29.8 Å². The predicted molar refractivity (Wildman–Crippen MR) is 112 cm³/mol. The molecule has 3 rings (SSSR count). The summed E-state index contributed by atoms with van der Waals surface area (Å²) in [5.41, 5.74) is 2.41. The van der Waals surface area contributed by atoms with Crippen molar-refractivity contribution in [3.05, 3.63) is 48.0 Å². The molecular weight excluding hydrogens is 354 g/mol. The van der Waals surface area contributed by atoms with Gasteiger partial charge >= 0.3 is 0 Å². The van der Waals surface area contributed by atoms with Crippen LogP contribution in [0.2, 0.25) is 0 Å².